The summed E-state index contributed by atoms with van der Waals surface area (Å²) in [4.78, 5) is 12.2. The van der Waals surface area contributed by atoms with Crippen LogP contribution in [0.2, 0.25) is 0 Å². The molecule has 2 aliphatic heterocycles. The molecule has 1 aromatic carbocycles. The molecule has 21 heavy (non-hydrogen) atoms. The molecule has 1 amide bonds. The number of hydrogen-bond donors (Lipinski definition) is 3. The largest absolute Gasteiger partial charge is 0.396 e. The fraction of sp³-hybridized carbons (Fsp3) is 0.588. The number of anilines is 1. The van der Waals surface area contributed by atoms with E-state index in [1.165, 1.54) is 12.8 Å². The van der Waals surface area contributed by atoms with E-state index in [1.807, 2.05) is 24.3 Å². The molecule has 0 spiro atoms. The number of carbonyl (C=O) groups is 1. The van der Waals surface area contributed by atoms with E-state index in [-0.39, 0.29) is 12.5 Å². The maximum Gasteiger partial charge on any atom is 0.224 e. The van der Waals surface area contributed by atoms with Crippen LogP contribution in [-0.2, 0) is 11.2 Å². The summed E-state index contributed by atoms with van der Waals surface area (Å²) in [6, 6.07) is 9.01. The molecule has 2 fully saturated rings. The van der Waals surface area contributed by atoms with E-state index in [1.54, 1.807) is 0 Å². The predicted octanol–water partition coefficient (Wildman–Crippen LogP) is 2.08. The summed E-state index contributed by atoms with van der Waals surface area (Å²) in [6.07, 6.45) is 6.11. The molecule has 2 aliphatic rings. The molecular formula is C17H24N2O2. The Labute approximate surface area is 125 Å². The van der Waals surface area contributed by atoms with Gasteiger partial charge in [0, 0.05) is 30.8 Å². The lowest BCUT2D eigenvalue weighted by molar-refractivity contribution is -0.117. The number of amides is 1. The van der Waals surface area contributed by atoms with E-state index in [0.29, 0.717) is 30.8 Å². The molecule has 2 saturated heterocycles. The van der Waals surface area contributed by atoms with Crippen LogP contribution in [0.15, 0.2) is 24.3 Å². The Morgan fingerprint density at radius 3 is 2.48 bits per heavy atom. The van der Waals surface area contributed by atoms with Gasteiger partial charge in [0.2, 0.25) is 5.91 Å². The highest BCUT2D eigenvalue weighted by Gasteiger charge is 2.34. The molecule has 0 aromatic heterocycles. The molecule has 0 saturated carbocycles. The summed E-state index contributed by atoms with van der Waals surface area (Å²) in [5, 5.41) is 15.5. The molecule has 2 atom stereocenters. The Kier molecular flexibility index (Phi) is 4.56. The van der Waals surface area contributed by atoms with Crippen LogP contribution in [0, 0.1) is 5.92 Å². The molecule has 3 N–H and O–H groups in total. The maximum atomic E-state index is 12.2. The zero-order valence-corrected chi connectivity index (χ0v) is 12.3. The van der Waals surface area contributed by atoms with Crippen LogP contribution in [0.5, 0.6) is 0 Å². The Bertz CT molecular complexity index is 474. The van der Waals surface area contributed by atoms with Crippen molar-refractivity contribution >= 4 is 11.6 Å². The van der Waals surface area contributed by atoms with Gasteiger partial charge in [-0.15, -0.1) is 0 Å². The Morgan fingerprint density at radius 2 is 1.86 bits per heavy atom. The van der Waals surface area contributed by atoms with Gasteiger partial charge in [-0.2, -0.15) is 0 Å². The van der Waals surface area contributed by atoms with Gasteiger partial charge in [-0.25, -0.2) is 0 Å². The van der Waals surface area contributed by atoms with Gasteiger partial charge in [0.15, 0.2) is 0 Å². The second kappa shape index (κ2) is 6.58. The van der Waals surface area contributed by atoms with E-state index in [4.69, 9.17) is 5.11 Å². The van der Waals surface area contributed by atoms with E-state index in [9.17, 15) is 4.79 Å². The minimum atomic E-state index is 0.121. The van der Waals surface area contributed by atoms with Crippen molar-refractivity contribution in [2.24, 2.45) is 5.92 Å². The van der Waals surface area contributed by atoms with Gasteiger partial charge in [0.05, 0.1) is 0 Å². The zero-order valence-electron chi connectivity index (χ0n) is 12.3. The monoisotopic (exact) mass is 288 g/mol. The zero-order chi connectivity index (χ0) is 14.7. The smallest absolute Gasteiger partial charge is 0.224 e. The van der Waals surface area contributed by atoms with Gasteiger partial charge < -0.3 is 15.7 Å². The summed E-state index contributed by atoms with van der Waals surface area (Å²) < 4.78 is 0. The molecule has 0 aliphatic carbocycles. The highest BCUT2D eigenvalue weighted by Crippen LogP contribution is 2.32. The van der Waals surface area contributed by atoms with Crippen molar-refractivity contribution in [1.82, 2.24) is 5.32 Å². The van der Waals surface area contributed by atoms with Crippen molar-refractivity contribution in [2.45, 2.75) is 50.6 Å². The van der Waals surface area contributed by atoms with Crippen LogP contribution in [0.4, 0.5) is 5.69 Å². The molecule has 2 bridgehead atoms. The third kappa shape index (κ3) is 3.83. The van der Waals surface area contributed by atoms with Gasteiger partial charge >= 0.3 is 0 Å². The van der Waals surface area contributed by atoms with Crippen LogP contribution in [0.3, 0.4) is 0 Å². The van der Waals surface area contributed by atoms with Gasteiger partial charge in [-0.1, -0.05) is 12.1 Å². The number of hydrogen-bond acceptors (Lipinski definition) is 3. The second-order valence-electron chi connectivity index (χ2n) is 6.40. The highest BCUT2D eigenvalue weighted by atomic mass is 16.2. The normalized spacial score (nSPS) is 27.6. The summed E-state index contributed by atoms with van der Waals surface area (Å²) in [5.74, 6) is 0.647. The number of carbonyl (C=O) groups excluding carboxylic acids is 1. The fourth-order valence-electron chi connectivity index (χ4n) is 3.70. The summed E-state index contributed by atoms with van der Waals surface area (Å²) in [5.41, 5.74) is 1.93. The maximum absolute atomic E-state index is 12.2. The van der Waals surface area contributed by atoms with E-state index >= 15 is 0 Å². The van der Waals surface area contributed by atoms with Crippen molar-refractivity contribution in [3.63, 3.8) is 0 Å². The molecule has 2 heterocycles. The van der Waals surface area contributed by atoms with Gasteiger partial charge in [-0.3, -0.25) is 4.79 Å². The van der Waals surface area contributed by atoms with Crippen LogP contribution in [0.1, 0.15) is 37.7 Å². The molecular weight excluding hydrogens is 264 g/mol. The molecule has 4 nitrogen and oxygen atoms in total. The molecule has 0 radical (unpaired) electrons. The van der Waals surface area contributed by atoms with E-state index < -0.39 is 0 Å². The fourth-order valence-corrected chi connectivity index (χ4v) is 3.70. The third-order valence-corrected chi connectivity index (χ3v) is 4.68. The first kappa shape index (κ1) is 14.5. The highest BCUT2D eigenvalue weighted by molar-refractivity contribution is 5.90. The second-order valence-corrected chi connectivity index (χ2v) is 6.40. The average molecular weight is 288 g/mol. The summed E-state index contributed by atoms with van der Waals surface area (Å²) in [6.45, 7) is 0.157. The first-order valence-electron chi connectivity index (χ1n) is 7.98. The number of fused-ring (bicyclic) bond motifs is 2. The van der Waals surface area contributed by atoms with Gasteiger partial charge in [0.1, 0.15) is 0 Å². The van der Waals surface area contributed by atoms with Crippen molar-refractivity contribution < 1.29 is 9.90 Å². The third-order valence-electron chi connectivity index (χ3n) is 4.68. The SMILES string of the molecule is O=C(CC1CC2CCC(C1)N2)Nc1ccc(CCO)cc1. The number of rotatable bonds is 5. The number of piperidine rings is 1. The average Bonchev–Trinajstić information content (AvgIpc) is 2.80. The lowest BCUT2D eigenvalue weighted by Gasteiger charge is -2.28. The summed E-state index contributed by atoms with van der Waals surface area (Å²) in [7, 11) is 0. The van der Waals surface area contributed by atoms with E-state index in [0.717, 1.165) is 24.1 Å². The Balaban J connectivity index is 1.49. The topological polar surface area (TPSA) is 61.4 Å². The molecule has 4 heteroatoms. The van der Waals surface area contributed by atoms with Crippen molar-refractivity contribution in [1.29, 1.82) is 0 Å². The first-order valence-corrected chi connectivity index (χ1v) is 7.98. The Hall–Kier alpha value is -1.39. The van der Waals surface area contributed by atoms with Crippen molar-refractivity contribution in [2.75, 3.05) is 11.9 Å². The van der Waals surface area contributed by atoms with Crippen LogP contribution in [0.25, 0.3) is 0 Å². The minimum absolute atomic E-state index is 0.121. The lowest BCUT2D eigenvalue weighted by atomic mass is 9.89. The number of benzene rings is 1. The molecule has 114 valence electrons. The minimum Gasteiger partial charge on any atom is -0.396 e. The molecule has 2 unspecified atom stereocenters. The number of aliphatic hydroxyl groups is 1. The van der Waals surface area contributed by atoms with Gasteiger partial charge in [0.25, 0.3) is 0 Å². The molecule has 1 aromatic rings. The lowest BCUT2D eigenvalue weighted by Crippen LogP contribution is -2.39. The number of nitrogens with one attached hydrogen (secondary N) is 2. The van der Waals surface area contributed by atoms with Gasteiger partial charge in [-0.05, 0) is 55.7 Å². The number of aliphatic hydroxyl groups excluding tert-OH is 1. The first-order chi connectivity index (χ1) is 10.2. The van der Waals surface area contributed by atoms with Crippen LogP contribution in [-0.4, -0.2) is 29.7 Å². The predicted molar refractivity (Wildman–Crippen MR) is 83.1 cm³/mol. The Morgan fingerprint density at radius 1 is 1.19 bits per heavy atom. The van der Waals surface area contributed by atoms with E-state index in [2.05, 4.69) is 10.6 Å². The van der Waals surface area contributed by atoms with Crippen LogP contribution < -0.4 is 10.6 Å². The van der Waals surface area contributed by atoms with Crippen molar-refractivity contribution in [3.05, 3.63) is 29.8 Å². The van der Waals surface area contributed by atoms with Crippen LogP contribution >= 0.6 is 0 Å². The quantitative estimate of drug-likeness (QED) is 0.777. The molecule has 3 rings (SSSR count). The summed E-state index contributed by atoms with van der Waals surface area (Å²) >= 11 is 0. The standard InChI is InChI=1S/C17H24N2O2/c20-8-7-12-1-3-14(4-2-12)19-17(21)11-13-9-15-5-6-16(10-13)18-15/h1-4,13,15-16,18,20H,5-11H2,(H,19,21). The van der Waals surface area contributed by atoms with Crippen molar-refractivity contribution in [3.8, 4) is 0 Å².